The first-order valence-electron chi connectivity index (χ1n) is 15.1. The zero-order valence-electron chi connectivity index (χ0n) is 24.8. The lowest BCUT2D eigenvalue weighted by atomic mass is 9.93. The molecule has 1 atom stereocenters. The molecule has 1 saturated carbocycles. The number of hydrogen-bond donors (Lipinski definition) is 2. The molecule has 0 bridgehead atoms. The first-order chi connectivity index (χ1) is 21.4. The molecule has 3 aromatic heterocycles. The lowest BCUT2D eigenvalue weighted by molar-refractivity contribution is 0.0854. The van der Waals surface area contributed by atoms with Crippen LogP contribution in [0.3, 0.4) is 0 Å². The molecular formula is C29H39F2N9O3S. The van der Waals surface area contributed by atoms with Crippen molar-refractivity contribution in [2.45, 2.75) is 44.3 Å². The maximum atomic E-state index is 12.7. The number of alkyl halides is 2. The first kappa shape index (κ1) is 30.6. The molecule has 2 N–H and O–H groups in total. The Labute approximate surface area is 258 Å². The van der Waals surface area contributed by atoms with E-state index in [1.807, 2.05) is 12.1 Å². The Morgan fingerprint density at radius 3 is 2.39 bits per heavy atom. The number of rotatable bonds is 10. The average molecular weight is 632 g/mol. The molecule has 44 heavy (non-hydrogen) atoms. The van der Waals surface area contributed by atoms with E-state index in [-0.39, 0.29) is 18.7 Å². The highest BCUT2D eigenvalue weighted by Gasteiger charge is 2.26. The molecule has 5 heterocycles. The number of aromatic nitrogens is 4. The maximum Gasteiger partial charge on any atom is 0.251 e. The number of pyridine rings is 2. The van der Waals surface area contributed by atoms with Gasteiger partial charge in [0, 0.05) is 57.6 Å². The van der Waals surface area contributed by atoms with Crippen LogP contribution in [0, 0.1) is 0 Å². The quantitative estimate of drug-likeness (QED) is 0.343. The van der Waals surface area contributed by atoms with Crippen LogP contribution in [-0.2, 0) is 15.7 Å². The van der Waals surface area contributed by atoms with Crippen LogP contribution in [-0.4, -0.2) is 113 Å². The molecule has 0 aromatic carbocycles. The van der Waals surface area contributed by atoms with Crippen molar-refractivity contribution in [1.82, 2.24) is 24.8 Å². The molecular weight excluding hydrogens is 592 g/mol. The van der Waals surface area contributed by atoms with Gasteiger partial charge in [-0.3, -0.25) is 9.88 Å². The summed E-state index contributed by atoms with van der Waals surface area (Å²) in [6.45, 7) is 5.20. The molecule has 0 radical (unpaired) electrons. The molecule has 2 aliphatic heterocycles. The van der Waals surface area contributed by atoms with Crippen molar-refractivity contribution in [2.75, 3.05) is 85.1 Å². The summed E-state index contributed by atoms with van der Waals surface area (Å²) in [6, 6.07) is 4.09. The molecule has 0 spiro atoms. The number of halogens is 2. The van der Waals surface area contributed by atoms with E-state index < -0.39 is 17.4 Å². The van der Waals surface area contributed by atoms with E-state index in [2.05, 4.69) is 34.8 Å². The fraction of sp³-hybridized carbons (Fsp3) is 0.586. The zero-order valence-corrected chi connectivity index (χ0v) is 25.6. The summed E-state index contributed by atoms with van der Waals surface area (Å²) in [4.78, 5) is 24.7. The number of anilines is 4. The van der Waals surface area contributed by atoms with Crippen LogP contribution >= 0.6 is 0 Å². The van der Waals surface area contributed by atoms with E-state index in [4.69, 9.17) is 14.5 Å². The Hall–Kier alpha value is -3.43. The smallest absolute Gasteiger partial charge is 0.251 e. The van der Waals surface area contributed by atoms with Crippen molar-refractivity contribution in [1.29, 1.82) is 0 Å². The Morgan fingerprint density at radius 1 is 0.977 bits per heavy atom. The minimum Gasteiger partial charge on any atom is -0.474 e. The number of nitrogens with zero attached hydrogens (tertiary/aromatic N) is 7. The van der Waals surface area contributed by atoms with Gasteiger partial charge in [-0.25, -0.2) is 23.0 Å². The van der Waals surface area contributed by atoms with Crippen molar-refractivity contribution < 1.29 is 22.5 Å². The molecule has 3 aromatic rings. The number of nitrogens with one attached hydrogen (secondary N) is 2. The van der Waals surface area contributed by atoms with Gasteiger partial charge in [0.25, 0.3) is 6.43 Å². The summed E-state index contributed by atoms with van der Waals surface area (Å²) >= 11 is 0. The number of piperazine rings is 1. The third-order valence-electron chi connectivity index (χ3n) is 8.29. The molecule has 0 amide bonds. The lowest BCUT2D eigenvalue weighted by Gasteiger charge is -2.35. The standard InChI is InChI=1S/C29H39F2N9O3S/c1-44(41)37-21-14-24-25(32-16-21)15-27(40-10-12-42-13-11-40)36-28(24)43-23-4-2-20(3-5-23)35-29-33-17-22(18-34-29)39-8-6-38(7-9-39)19-26(30)31/h14-18,20,23,26,37H,2-13,19H2,1H3,(H,33,34,35). The highest BCUT2D eigenvalue weighted by atomic mass is 32.2. The zero-order chi connectivity index (χ0) is 30.5. The fourth-order valence-corrected chi connectivity index (χ4v) is 6.40. The van der Waals surface area contributed by atoms with Gasteiger partial charge in [-0.05, 0) is 31.7 Å². The lowest BCUT2D eigenvalue weighted by Crippen LogP contribution is -2.47. The second-order valence-electron chi connectivity index (χ2n) is 11.4. The van der Waals surface area contributed by atoms with E-state index in [1.54, 1.807) is 29.7 Å². The fourth-order valence-electron chi connectivity index (χ4n) is 5.95. The molecule has 2 saturated heterocycles. The normalized spacial score (nSPS) is 22.3. The number of fused-ring (bicyclic) bond motifs is 1. The highest BCUT2D eigenvalue weighted by molar-refractivity contribution is 7.85. The molecule has 12 nitrogen and oxygen atoms in total. The number of hydrogen-bond acceptors (Lipinski definition) is 11. The topological polar surface area (TPSA) is 121 Å². The summed E-state index contributed by atoms with van der Waals surface area (Å²) in [5.41, 5.74) is 2.33. The molecule has 15 heteroatoms. The van der Waals surface area contributed by atoms with Gasteiger partial charge in [0.05, 0.1) is 60.6 Å². The van der Waals surface area contributed by atoms with Crippen LogP contribution < -0.4 is 24.6 Å². The van der Waals surface area contributed by atoms with Gasteiger partial charge < -0.3 is 29.3 Å². The van der Waals surface area contributed by atoms with Gasteiger partial charge in [0.1, 0.15) is 22.9 Å². The van der Waals surface area contributed by atoms with E-state index in [1.165, 1.54) is 0 Å². The van der Waals surface area contributed by atoms with Gasteiger partial charge >= 0.3 is 0 Å². The Bertz CT molecular complexity index is 1420. The molecule has 1 unspecified atom stereocenters. The summed E-state index contributed by atoms with van der Waals surface area (Å²) in [5, 5.41) is 4.24. The molecule has 3 fully saturated rings. The average Bonchev–Trinajstić information content (AvgIpc) is 3.03. The maximum absolute atomic E-state index is 12.7. The van der Waals surface area contributed by atoms with Crippen LogP contribution in [0.4, 0.5) is 31.9 Å². The van der Waals surface area contributed by atoms with Crippen molar-refractivity contribution in [3.8, 4) is 5.88 Å². The van der Waals surface area contributed by atoms with Crippen LogP contribution in [0.5, 0.6) is 5.88 Å². The second-order valence-corrected chi connectivity index (χ2v) is 12.5. The van der Waals surface area contributed by atoms with Crippen molar-refractivity contribution >= 4 is 45.0 Å². The van der Waals surface area contributed by atoms with Gasteiger partial charge in [0.15, 0.2) is 0 Å². The third kappa shape index (κ3) is 7.80. The van der Waals surface area contributed by atoms with E-state index in [0.29, 0.717) is 56.9 Å². The van der Waals surface area contributed by atoms with Gasteiger partial charge in [-0.2, -0.15) is 4.98 Å². The van der Waals surface area contributed by atoms with Gasteiger partial charge in [-0.15, -0.1) is 0 Å². The first-order valence-corrected chi connectivity index (χ1v) is 16.7. The Morgan fingerprint density at radius 2 is 1.70 bits per heavy atom. The minimum atomic E-state index is -2.30. The predicted octanol–water partition coefficient (Wildman–Crippen LogP) is 3.15. The number of morpholine rings is 1. The van der Waals surface area contributed by atoms with E-state index >= 15 is 0 Å². The Kier molecular flexibility index (Phi) is 9.82. The third-order valence-corrected chi connectivity index (χ3v) is 8.81. The summed E-state index contributed by atoms with van der Waals surface area (Å²) in [7, 11) is -1.23. The van der Waals surface area contributed by atoms with Crippen LogP contribution in [0.25, 0.3) is 10.9 Å². The number of ether oxygens (including phenoxy) is 2. The van der Waals surface area contributed by atoms with Crippen LogP contribution in [0.15, 0.2) is 30.7 Å². The predicted molar refractivity (Wildman–Crippen MR) is 167 cm³/mol. The van der Waals surface area contributed by atoms with Crippen molar-refractivity contribution in [2.24, 2.45) is 0 Å². The molecule has 6 rings (SSSR count). The van der Waals surface area contributed by atoms with Gasteiger partial charge in [0.2, 0.25) is 11.8 Å². The van der Waals surface area contributed by atoms with Crippen LogP contribution in [0.1, 0.15) is 25.7 Å². The van der Waals surface area contributed by atoms with Gasteiger partial charge in [-0.1, -0.05) is 0 Å². The second kappa shape index (κ2) is 14.1. The monoisotopic (exact) mass is 631 g/mol. The Balaban J connectivity index is 1.06. The summed E-state index contributed by atoms with van der Waals surface area (Å²) in [6.07, 6.45) is 8.02. The van der Waals surface area contributed by atoms with Crippen molar-refractivity contribution in [3.05, 3.63) is 30.7 Å². The summed E-state index contributed by atoms with van der Waals surface area (Å²) in [5.74, 6) is 1.93. The SMILES string of the molecule is CS(=O)Nc1cnc2cc(N3CCOCC3)nc(OC3CCC(Nc4ncc(N5CCN(CC(F)F)CC5)cn4)CC3)c2c1. The highest BCUT2D eigenvalue weighted by Crippen LogP contribution is 2.33. The minimum absolute atomic E-state index is 0.00681. The molecule has 3 aliphatic rings. The van der Waals surface area contributed by atoms with E-state index in [0.717, 1.165) is 61.2 Å². The van der Waals surface area contributed by atoms with E-state index in [9.17, 15) is 13.0 Å². The molecule has 238 valence electrons. The molecule has 1 aliphatic carbocycles. The van der Waals surface area contributed by atoms with Crippen LogP contribution in [0.2, 0.25) is 0 Å². The largest absolute Gasteiger partial charge is 0.474 e. The summed E-state index contributed by atoms with van der Waals surface area (Å²) < 4.78 is 52.1. The van der Waals surface area contributed by atoms with Crippen molar-refractivity contribution in [3.63, 3.8) is 0 Å².